The molecule has 1 aliphatic heterocycles. The minimum Gasteiger partial charge on any atom is -0.462 e. The number of pyridine rings is 1. The molecular weight excluding hydrogens is 348 g/mol. The van der Waals surface area contributed by atoms with Crippen LogP contribution in [-0.2, 0) is 4.74 Å². The first-order chi connectivity index (χ1) is 13.7. The van der Waals surface area contributed by atoms with Gasteiger partial charge in [0.2, 0.25) is 0 Å². The van der Waals surface area contributed by atoms with E-state index in [0.29, 0.717) is 12.2 Å². The Morgan fingerprint density at radius 3 is 2.25 bits per heavy atom. The number of allylic oxidation sites excluding steroid dienone is 3. The average molecular weight is 389 g/mol. The van der Waals surface area contributed by atoms with Gasteiger partial charge in [-0.2, -0.15) is 0 Å². The molecule has 0 unspecified atom stereocenters. The van der Waals surface area contributed by atoms with Crippen molar-refractivity contribution in [2.45, 2.75) is 74.1 Å². The van der Waals surface area contributed by atoms with E-state index in [9.17, 15) is 4.79 Å². The maximum Gasteiger partial charge on any atom is 0.339 e. The number of carbonyl (C=O) groups excluding carboxylic acids is 1. The van der Waals surface area contributed by atoms with Crippen LogP contribution in [0, 0.1) is 0 Å². The molecule has 4 nitrogen and oxygen atoms in total. The normalized spacial score (nSPS) is 13.5. The summed E-state index contributed by atoms with van der Waals surface area (Å²) in [6.07, 6.45) is 9.87. The predicted octanol–water partition coefficient (Wildman–Crippen LogP) is 6.19. The van der Waals surface area contributed by atoms with Gasteiger partial charge in [0, 0.05) is 18.0 Å². The van der Waals surface area contributed by atoms with Crippen molar-refractivity contribution in [3.05, 3.63) is 46.8 Å². The monoisotopic (exact) mass is 388 g/mol. The third-order valence-corrected chi connectivity index (χ3v) is 4.29. The second-order valence-corrected chi connectivity index (χ2v) is 5.98. The summed E-state index contributed by atoms with van der Waals surface area (Å²) in [6.45, 7) is 16.5. The van der Waals surface area contributed by atoms with Crippen molar-refractivity contribution in [3.8, 4) is 0 Å². The summed E-state index contributed by atoms with van der Waals surface area (Å²) >= 11 is 0. The number of nitrogens with one attached hydrogen (secondary N) is 1. The van der Waals surface area contributed by atoms with E-state index >= 15 is 0 Å². The van der Waals surface area contributed by atoms with Crippen LogP contribution in [0.5, 0.6) is 0 Å². The van der Waals surface area contributed by atoms with Crippen molar-refractivity contribution in [1.29, 1.82) is 0 Å². The maximum absolute atomic E-state index is 12.1. The molecule has 2 rings (SSSR count). The molecular formula is C24H40N2O2. The Bertz CT molecular complexity index is 625. The predicted molar refractivity (Wildman–Crippen MR) is 121 cm³/mol. The minimum absolute atomic E-state index is 0.306. The largest absolute Gasteiger partial charge is 0.462 e. The van der Waals surface area contributed by atoms with Crippen molar-refractivity contribution in [2.24, 2.45) is 0 Å². The number of piperidine rings is 1. The molecule has 0 amide bonds. The lowest BCUT2D eigenvalue weighted by Gasteiger charge is -2.22. The Balaban J connectivity index is 0.00000171. The van der Waals surface area contributed by atoms with Gasteiger partial charge in [0.25, 0.3) is 0 Å². The zero-order valence-corrected chi connectivity index (χ0v) is 19.0. The average Bonchev–Trinajstić information content (AvgIpc) is 2.77. The standard InChI is InChI=1S/C20H28N2O2.2C2H6/c1-4-7-15(5-2)19(16-8-10-21-11-9-16)17-12-18(14-22-13-17)20(23)24-6-3;2*1-2/h5,12-14,21H,4,6-11H2,1-3H3;2*1-2H3/b15-5+;;. The Labute approximate surface area is 172 Å². The Morgan fingerprint density at radius 2 is 1.71 bits per heavy atom. The molecule has 0 saturated carbocycles. The van der Waals surface area contributed by atoms with E-state index in [0.717, 1.165) is 44.3 Å². The maximum atomic E-state index is 12.1. The van der Waals surface area contributed by atoms with Gasteiger partial charge in [-0.15, -0.1) is 0 Å². The van der Waals surface area contributed by atoms with Crippen LogP contribution in [0.2, 0.25) is 0 Å². The highest BCUT2D eigenvalue weighted by molar-refractivity contribution is 5.91. The fraction of sp³-hybridized carbons (Fsp3) is 0.583. The van der Waals surface area contributed by atoms with Crippen molar-refractivity contribution in [2.75, 3.05) is 19.7 Å². The summed E-state index contributed by atoms with van der Waals surface area (Å²) in [4.78, 5) is 16.4. The van der Waals surface area contributed by atoms with Crippen LogP contribution in [-0.4, -0.2) is 30.6 Å². The van der Waals surface area contributed by atoms with Crippen LogP contribution in [0.3, 0.4) is 0 Å². The van der Waals surface area contributed by atoms with E-state index < -0.39 is 0 Å². The number of carbonyl (C=O) groups is 1. The van der Waals surface area contributed by atoms with E-state index in [1.807, 2.05) is 46.9 Å². The molecule has 28 heavy (non-hydrogen) atoms. The zero-order valence-electron chi connectivity index (χ0n) is 19.0. The van der Waals surface area contributed by atoms with Crippen molar-refractivity contribution >= 4 is 11.5 Å². The number of rotatable bonds is 6. The van der Waals surface area contributed by atoms with Gasteiger partial charge >= 0.3 is 5.97 Å². The molecule has 0 aromatic carbocycles. The Hall–Kier alpha value is -1.94. The third kappa shape index (κ3) is 7.97. The molecule has 1 fully saturated rings. The first kappa shape index (κ1) is 26.1. The summed E-state index contributed by atoms with van der Waals surface area (Å²) in [5.41, 5.74) is 5.63. The van der Waals surface area contributed by atoms with Gasteiger partial charge in [0.05, 0.1) is 12.2 Å². The minimum atomic E-state index is -0.306. The van der Waals surface area contributed by atoms with Gasteiger partial charge in [-0.1, -0.05) is 52.7 Å². The fourth-order valence-electron chi connectivity index (χ4n) is 3.18. The topological polar surface area (TPSA) is 51.2 Å². The molecule has 1 aliphatic rings. The lowest BCUT2D eigenvalue weighted by Crippen LogP contribution is -2.24. The highest BCUT2D eigenvalue weighted by Gasteiger charge is 2.18. The molecule has 2 heterocycles. The van der Waals surface area contributed by atoms with E-state index in [4.69, 9.17) is 4.74 Å². The van der Waals surface area contributed by atoms with Gasteiger partial charge in [-0.3, -0.25) is 4.98 Å². The highest BCUT2D eigenvalue weighted by Crippen LogP contribution is 2.33. The van der Waals surface area contributed by atoms with Gasteiger partial charge < -0.3 is 10.1 Å². The SMILES string of the molecule is C/C=C(\CCC)C(=C1CCNCC1)c1cncc(C(=O)OCC)c1.CC.CC. The van der Waals surface area contributed by atoms with Crippen molar-refractivity contribution in [3.63, 3.8) is 0 Å². The number of hydrogen-bond acceptors (Lipinski definition) is 4. The van der Waals surface area contributed by atoms with Gasteiger partial charge in [0.15, 0.2) is 0 Å². The van der Waals surface area contributed by atoms with Gasteiger partial charge in [-0.25, -0.2) is 4.79 Å². The molecule has 0 radical (unpaired) electrons. The Morgan fingerprint density at radius 1 is 1.11 bits per heavy atom. The van der Waals surface area contributed by atoms with Crippen LogP contribution >= 0.6 is 0 Å². The lowest BCUT2D eigenvalue weighted by atomic mass is 9.87. The van der Waals surface area contributed by atoms with E-state index in [1.54, 1.807) is 6.20 Å². The second-order valence-electron chi connectivity index (χ2n) is 5.98. The van der Waals surface area contributed by atoms with E-state index in [2.05, 4.69) is 30.2 Å². The molecule has 0 aliphatic carbocycles. The molecule has 1 N–H and O–H groups in total. The molecule has 1 aromatic rings. The number of nitrogens with zero attached hydrogens (tertiary/aromatic N) is 1. The van der Waals surface area contributed by atoms with Gasteiger partial charge in [0.1, 0.15) is 0 Å². The van der Waals surface area contributed by atoms with Crippen LogP contribution < -0.4 is 5.32 Å². The van der Waals surface area contributed by atoms with Crippen molar-refractivity contribution in [1.82, 2.24) is 10.3 Å². The summed E-state index contributed by atoms with van der Waals surface area (Å²) in [6, 6.07) is 1.93. The smallest absolute Gasteiger partial charge is 0.339 e. The molecule has 4 heteroatoms. The third-order valence-electron chi connectivity index (χ3n) is 4.29. The zero-order chi connectivity index (χ0) is 21.4. The lowest BCUT2D eigenvalue weighted by molar-refractivity contribution is 0.0526. The molecule has 0 bridgehead atoms. The van der Waals surface area contributed by atoms with Crippen molar-refractivity contribution < 1.29 is 9.53 Å². The van der Waals surface area contributed by atoms with E-state index in [1.165, 1.54) is 16.7 Å². The van der Waals surface area contributed by atoms with Crippen LogP contribution in [0.15, 0.2) is 35.7 Å². The molecule has 1 saturated heterocycles. The quantitative estimate of drug-likeness (QED) is 0.590. The number of aromatic nitrogens is 1. The molecule has 158 valence electrons. The summed E-state index contributed by atoms with van der Waals surface area (Å²) in [5.74, 6) is -0.306. The first-order valence-electron chi connectivity index (χ1n) is 10.9. The Kier molecular flexibility index (Phi) is 14.9. The number of ether oxygens (including phenoxy) is 1. The molecule has 1 aromatic heterocycles. The number of esters is 1. The summed E-state index contributed by atoms with van der Waals surface area (Å²) in [5, 5.41) is 3.41. The summed E-state index contributed by atoms with van der Waals surface area (Å²) in [7, 11) is 0. The number of hydrogen-bond donors (Lipinski definition) is 1. The fourth-order valence-corrected chi connectivity index (χ4v) is 3.18. The van der Waals surface area contributed by atoms with Crippen LogP contribution in [0.1, 0.15) is 90.1 Å². The van der Waals surface area contributed by atoms with E-state index in [-0.39, 0.29) is 5.97 Å². The molecule has 0 spiro atoms. The molecule has 0 atom stereocenters. The van der Waals surface area contributed by atoms with Gasteiger partial charge in [-0.05, 0) is 63.4 Å². The summed E-state index contributed by atoms with van der Waals surface area (Å²) < 4.78 is 5.12. The highest BCUT2D eigenvalue weighted by atomic mass is 16.5. The van der Waals surface area contributed by atoms with Crippen LogP contribution in [0.4, 0.5) is 0 Å². The van der Waals surface area contributed by atoms with Crippen LogP contribution in [0.25, 0.3) is 5.57 Å². The second kappa shape index (κ2) is 16.1. The first-order valence-corrected chi connectivity index (χ1v) is 10.9.